The number of hydrogen-bond donors (Lipinski definition) is 2. The minimum Gasteiger partial charge on any atom is -0.454 e. The van der Waals surface area contributed by atoms with Crippen LogP contribution in [0.25, 0.3) is 0 Å². The van der Waals surface area contributed by atoms with Crippen LogP contribution in [0, 0.1) is 0 Å². The summed E-state index contributed by atoms with van der Waals surface area (Å²) in [6, 6.07) is 7.97. The molecule has 3 amide bonds. The molecule has 1 fully saturated rings. The van der Waals surface area contributed by atoms with E-state index in [0.29, 0.717) is 11.4 Å². The Morgan fingerprint density at radius 2 is 1.67 bits per heavy atom. The highest BCUT2D eigenvalue weighted by molar-refractivity contribution is 7.90. The van der Waals surface area contributed by atoms with Crippen LogP contribution in [0.4, 0.5) is 10.5 Å². The number of hydrazine groups is 1. The summed E-state index contributed by atoms with van der Waals surface area (Å²) < 4.78 is 28.6. The minimum atomic E-state index is -3.32. The number of nitrogens with one attached hydrogen (secondary N) is 2. The SMILES string of the molecule is CS(=O)(=O)c1ccc(Oc2c(Cl)cc(N3NCC(=O)NC3=O)cc2Cl)cc1. The molecule has 1 heterocycles. The molecular weight excluding hydrogens is 417 g/mol. The van der Waals surface area contributed by atoms with Crippen LogP contribution >= 0.6 is 23.2 Å². The summed E-state index contributed by atoms with van der Waals surface area (Å²) in [7, 11) is -3.32. The Morgan fingerprint density at radius 3 is 2.19 bits per heavy atom. The number of anilines is 1. The number of sulfone groups is 1. The Hall–Kier alpha value is -2.33. The average molecular weight is 430 g/mol. The number of ether oxygens (including phenoxy) is 1. The van der Waals surface area contributed by atoms with E-state index in [1.807, 2.05) is 0 Å². The Bertz CT molecular complexity index is 1000. The summed E-state index contributed by atoms with van der Waals surface area (Å²) in [4.78, 5) is 23.2. The van der Waals surface area contributed by atoms with Gasteiger partial charge in [-0.25, -0.2) is 23.6 Å². The molecule has 11 heteroatoms. The van der Waals surface area contributed by atoms with E-state index in [4.69, 9.17) is 27.9 Å². The Labute approximate surface area is 164 Å². The predicted octanol–water partition coefficient (Wildman–Crippen LogP) is 2.75. The molecule has 1 aliphatic heterocycles. The first-order valence-corrected chi connectivity index (χ1v) is 10.1. The summed E-state index contributed by atoms with van der Waals surface area (Å²) in [5.74, 6) is 0.0204. The predicted molar refractivity (Wildman–Crippen MR) is 100 cm³/mol. The fraction of sp³-hybridized carbons (Fsp3) is 0.125. The van der Waals surface area contributed by atoms with E-state index in [-0.39, 0.29) is 27.2 Å². The largest absolute Gasteiger partial charge is 0.454 e. The van der Waals surface area contributed by atoms with Crippen molar-refractivity contribution in [1.29, 1.82) is 0 Å². The fourth-order valence-corrected chi connectivity index (χ4v) is 3.48. The number of hydrogen-bond acceptors (Lipinski definition) is 6. The molecule has 0 saturated carbocycles. The minimum absolute atomic E-state index is 0.0775. The molecule has 0 atom stereocenters. The quantitative estimate of drug-likeness (QED) is 0.773. The first kappa shape index (κ1) is 19.4. The van der Waals surface area contributed by atoms with Crippen molar-refractivity contribution in [2.45, 2.75) is 4.90 Å². The molecule has 1 aliphatic rings. The van der Waals surface area contributed by atoms with Crippen molar-refractivity contribution < 1.29 is 22.7 Å². The number of carbonyl (C=O) groups is 2. The molecule has 8 nitrogen and oxygen atoms in total. The molecule has 2 N–H and O–H groups in total. The van der Waals surface area contributed by atoms with Gasteiger partial charge in [-0.1, -0.05) is 23.2 Å². The summed E-state index contributed by atoms with van der Waals surface area (Å²) in [6.07, 6.45) is 1.10. The molecule has 0 spiro atoms. The van der Waals surface area contributed by atoms with Crippen molar-refractivity contribution in [2.75, 3.05) is 17.8 Å². The molecule has 2 aromatic carbocycles. The van der Waals surface area contributed by atoms with Crippen molar-refractivity contribution in [3.05, 3.63) is 46.4 Å². The van der Waals surface area contributed by atoms with Crippen molar-refractivity contribution in [2.24, 2.45) is 0 Å². The maximum atomic E-state index is 11.9. The zero-order valence-corrected chi connectivity index (χ0v) is 16.2. The lowest BCUT2D eigenvalue weighted by atomic mass is 10.2. The number of amides is 3. The lowest BCUT2D eigenvalue weighted by molar-refractivity contribution is -0.119. The topological polar surface area (TPSA) is 105 Å². The second kappa shape index (κ2) is 7.35. The molecule has 0 aromatic heterocycles. The van der Waals surface area contributed by atoms with Gasteiger partial charge in [-0.3, -0.25) is 10.1 Å². The van der Waals surface area contributed by atoms with E-state index >= 15 is 0 Å². The smallest absolute Gasteiger partial charge is 0.343 e. The molecular formula is C16H13Cl2N3O5S. The lowest BCUT2D eigenvalue weighted by Crippen LogP contribution is -2.59. The summed E-state index contributed by atoms with van der Waals surface area (Å²) in [5, 5.41) is 3.50. The summed E-state index contributed by atoms with van der Waals surface area (Å²) >= 11 is 12.5. The maximum Gasteiger partial charge on any atom is 0.343 e. The molecule has 0 unspecified atom stereocenters. The van der Waals surface area contributed by atoms with Gasteiger partial charge in [-0.2, -0.15) is 0 Å². The van der Waals surface area contributed by atoms with Gasteiger partial charge < -0.3 is 4.74 Å². The van der Waals surface area contributed by atoms with Crippen LogP contribution in [-0.4, -0.2) is 33.2 Å². The van der Waals surface area contributed by atoms with Crippen LogP contribution in [0.3, 0.4) is 0 Å². The van der Waals surface area contributed by atoms with Gasteiger partial charge >= 0.3 is 6.03 Å². The first-order chi connectivity index (χ1) is 12.6. The third kappa shape index (κ3) is 4.33. The second-order valence-corrected chi connectivity index (χ2v) is 8.44. The Balaban J connectivity index is 1.85. The molecule has 27 heavy (non-hydrogen) atoms. The summed E-state index contributed by atoms with van der Waals surface area (Å²) in [5.41, 5.74) is 2.95. The van der Waals surface area contributed by atoms with Gasteiger partial charge in [0.05, 0.1) is 27.2 Å². The highest BCUT2D eigenvalue weighted by Crippen LogP contribution is 2.39. The zero-order chi connectivity index (χ0) is 19.8. The van der Waals surface area contributed by atoms with E-state index in [2.05, 4.69) is 10.7 Å². The van der Waals surface area contributed by atoms with Crippen LogP contribution in [0.2, 0.25) is 10.0 Å². The van der Waals surface area contributed by atoms with Gasteiger partial charge in [-0.05, 0) is 36.4 Å². The van der Waals surface area contributed by atoms with Gasteiger partial charge in [-0.15, -0.1) is 0 Å². The van der Waals surface area contributed by atoms with E-state index in [9.17, 15) is 18.0 Å². The molecule has 0 aliphatic carbocycles. The van der Waals surface area contributed by atoms with Gasteiger partial charge in [0.1, 0.15) is 5.75 Å². The van der Waals surface area contributed by atoms with Gasteiger partial charge in [0.2, 0.25) is 5.91 Å². The van der Waals surface area contributed by atoms with Crippen molar-refractivity contribution >= 4 is 50.7 Å². The van der Waals surface area contributed by atoms with Crippen LogP contribution in [0.1, 0.15) is 0 Å². The standard InChI is InChI=1S/C16H13Cl2N3O5S/c1-27(24,25)11-4-2-10(3-5-11)26-15-12(17)6-9(7-13(15)18)21-16(23)20-14(22)8-19-21/h2-7,19H,8H2,1H3,(H,20,22,23). The van der Waals surface area contributed by atoms with Crippen LogP contribution in [0.5, 0.6) is 11.5 Å². The van der Waals surface area contributed by atoms with E-state index < -0.39 is 21.8 Å². The lowest BCUT2D eigenvalue weighted by Gasteiger charge is -2.27. The third-order valence-corrected chi connectivity index (χ3v) is 5.25. The highest BCUT2D eigenvalue weighted by Gasteiger charge is 2.25. The fourth-order valence-electron chi connectivity index (χ4n) is 2.30. The first-order valence-electron chi connectivity index (χ1n) is 7.49. The number of imide groups is 1. The monoisotopic (exact) mass is 429 g/mol. The van der Waals surface area contributed by atoms with E-state index in [1.54, 1.807) is 0 Å². The molecule has 3 rings (SSSR count). The average Bonchev–Trinajstić information content (AvgIpc) is 2.57. The Morgan fingerprint density at radius 1 is 1.07 bits per heavy atom. The van der Waals surface area contributed by atoms with Crippen molar-refractivity contribution in [3.63, 3.8) is 0 Å². The molecule has 1 saturated heterocycles. The zero-order valence-electron chi connectivity index (χ0n) is 13.8. The molecule has 142 valence electrons. The third-order valence-electron chi connectivity index (χ3n) is 3.56. The highest BCUT2D eigenvalue weighted by atomic mass is 35.5. The number of nitrogens with zero attached hydrogens (tertiary/aromatic N) is 1. The normalized spacial score (nSPS) is 14.9. The molecule has 0 bridgehead atoms. The number of urea groups is 1. The van der Waals surface area contributed by atoms with E-state index in [1.165, 1.54) is 36.4 Å². The number of carbonyl (C=O) groups excluding carboxylic acids is 2. The van der Waals surface area contributed by atoms with Crippen molar-refractivity contribution in [1.82, 2.24) is 10.7 Å². The van der Waals surface area contributed by atoms with Crippen LogP contribution in [0.15, 0.2) is 41.3 Å². The maximum absolute atomic E-state index is 11.9. The molecule has 2 aromatic rings. The summed E-state index contributed by atoms with van der Waals surface area (Å²) in [6.45, 7) is -0.0775. The Kier molecular flexibility index (Phi) is 5.29. The van der Waals surface area contributed by atoms with E-state index in [0.717, 1.165) is 11.3 Å². The van der Waals surface area contributed by atoms with Gasteiger partial charge in [0, 0.05) is 6.26 Å². The van der Waals surface area contributed by atoms with Crippen LogP contribution in [-0.2, 0) is 14.6 Å². The number of benzene rings is 2. The van der Waals surface area contributed by atoms with Gasteiger partial charge in [0.25, 0.3) is 0 Å². The number of halogens is 2. The van der Waals surface area contributed by atoms with Crippen LogP contribution < -0.4 is 20.5 Å². The van der Waals surface area contributed by atoms with Gasteiger partial charge in [0.15, 0.2) is 15.6 Å². The number of rotatable bonds is 4. The van der Waals surface area contributed by atoms with Crippen molar-refractivity contribution in [3.8, 4) is 11.5 Å². The second-order valence-electron chi connectivity index (χ2n) is 5.61. The molecule has 0 radical (unpaired) electrons.